The van der Waals surface area contributed by atoms with Crippen LogP contribution in [-0.2, 0) is 6.42 Å². The van der Waals surface area contributed by atoms with Crippen LogP contribution in [0.25, 0.3) is 0 Å². The van der Waals surface area contributed by atoms with E-state index in [2.05, 4.69) is 56.4 Å². The van der Waals surface area contributed by atoms with Crippen molar-refractivity contribution in [2.75, 3.05) is 5.32 Å². The van der Waals surface area contributed by atoms with Crippen LogP contribution in [0.5, 0.6) is 0 Å². The zero-order chi connectivity index (χ0) is 13.8. The van der Waals surface area contributed by atoms with Gasteiger partial charge in [-0.15, -0.1) is 0 Å². The summed E-state index contributed by atoms with van der Waals surface area (Å²) in [5, 5.41) is 4.36. The van der Waals surface area contributed by atoms with Gasteiger partial charge in [-0.25, -0.2) is 0 Å². The van der Waals surface area contributed by atoms with Crippen LogP contribution in [0.3, 0.4) is 0 Å². The summed E-state index contributed by atoms with van der Waals surface area (Å²) in [6.45, 7) is 6.46. The smallest absolute Gasteiger partial charge is 0.0406 e. The highest BCUT2D eigenvalue weighted by molar-refractivity contribution is 6.30. The quantitative estimate of drug-likeness (QED) is 0.827. The summed E-state index contributed by atoms with van der Waals surface area (Å²) in [6.07, 6.45) is 0.991. The van der Waals surface area contributed by atoms with Gasteiger partial charge in [-0.1, -0.05) is 41.4 Å². The highest BCUT2D eigenvalue weighted by Gasteiger charge is 2.05. The molecular weight excluding hydrogens is 254 g/mol. The minimum Gasteiger partial charge on any atom is -0.382 e. The molecule has 0 aromatic heterocycles. The third-order valence-corrected chi connectivity index (χ3v) is 3.49. The Morgan fingerprint density at radius 2 is 1.74 bits per heavy atom. The third-order valence-electron chi connectivity index (χ3n) is 3.24. The number of nitrogens with one attached hydrogen (secondary N) is 1. The van der Waals surface area contributed by atoms with E-state index in [9.17, 15) is 0 Å². The number of anilines is 1. The molecule has 19 heavy (non-hydrogen) atoms. The molecule has 0 radical (unpaired) electrons. The molecule has 2 heteroatoms. The predicted molar refractivity (Wildman–Crippen MR) is 84.2 cm³/mol. The molecule has 0 spiro atoms. The van der Waals surface area contributed by atoms with Crippen LogP contribution in [0.4, 0.5) is 5.69 Å². The molecule has 0 amide bonds. The first-order valence-corrected chi connectivity index (χ1v) is 7.00. The molecule has 2 rings (SSSR count). The lowest BCUT2D eigenvalue weighted by molar-refractivity contribution is 0.789. The highest BCUT2D eigenvalue weighted by Crippen LogP contribution is 2.18. The predicted octanol–water partition coefficient (Wildman–Crippen LogP) is 5.00. The minimum absolute atomic E-state index is 0.391. The maximum atomic E-state index is 5.90. The number of benzene rings is 2. The van der Waals surface area contributed by atoms with E-state index in [0.717, 1.165) is 11.4 Å². The Hall–Kier alpha value is -1.47. The summed E-state index contributed by atoms with van der Waals surface area (Å²) in [7, 11) is 0. The fourth-order valence-electron chi connectivity index (χ4n) is 2.27. The van der Waals surface area contributed by atoms with E-state index in [0.29, 0.717) is 6.04 Å². The SMILES string of the molecule is Cc1ccc(NC(C)Cc2ccc(Cl)cc2)c(C)c1. The molecule has 1 atom stereocenters. The molecule has 2 aromatic rings. The molecule has 0 heterocycles. The monoisotopic (exact) mass is 273 g/mol. The molecule has 0 aliphatic heterocycles. The lowest BCUT2D eigenvalue weighted by Crippen LogP contribution is -2.18. The van der Waals surface area contributed by atoms with Crippen molar-refractivity contribution in [2.24, 2.45) is 0 Å². The first kappa shape index (κ1) is 14.0. The van der Waals surface area contributed by atoms with Crippen molar-refractivity contribution < 1.29 is 0 Å². The van der Waals surface area contributed by atoms with E-state index < -0.39 is 0 Å². The first-order chi connectivity index (χ1) is 9.04. The van der Waals surface area contributed by atoms with Gasteiger partial charge >= 0.3 is 0 Å². The lowest BCUT2D eigenvalue weighted by atomic mass is 10.1. The van der Waals surface area contributed by atoms with E-state index in [1.54, 1.807) is 0 Å². The van der Waals surface area contributed by atoms with Crippen molar-refractivity contribution in [1.82, 2.24) is 0 Å². The van der Waals surface area contributed by atoms with E-state index in [4.69, 9.17) is 11.6 Å². The molecule has 0 saturated carbocycles. The van der Waals surface area contributed by atoms with Crippen molar-refractivity contribution in [1.29, 1.82) is 0 Å². The van der Waals surface area contributed by atoms with Crippen LogP contribution in [0.2, 0.25) is 5.02 Å². The van der Waals surface area contributed by atoms with Crippen LogP contribution in [0.15, 0.2) is 42.5 Å². The Bertz CT molecular complexity index is 546. The van der Waals surface area contributed by atoms with Gasteiger partial charge in [-0.2, -0.15) is 0 Å². The highest BCUT2D eigenvalue weighted by atomic mass is 35.5. The second-order valence-electron chi connectivity index (χ2n) is 5.19. The van der Waals surface area contributed by atoms with E-state index in [-0.39, 0.29) is 0 Å². The summed E-state index contributed by atoms with van der Waals surface area (Å²) in [4.78, 5) is 0. The molecule has 0 aliphatic rings. The van der Waals surface area contributed by atoms with Gasteiger partial charge in [0.2, 0.25) is 0 Å². The third kappa shape index (κ3) is 4.00. The number of hydrogen-bond donors (Lipinski definition) is 1. The summed E-state index contributed by atoms with van der Waals surface area (Å²) >= 11 is 5.90. The number of aryl methyl sites for hydroxylation is 2. The van der Waals surface area contributed by atoms with Gasteiger partial charge in [0.05, 0.1) is 0 Å². The van der Waals surface area contributed by atoms with Gasteiger partial charge in [0.25, 0.3) is 0 Å². The van der Waals surface area contributed by atoms with E-state index in [1.807, 2.05) is 12.1 Å². The molecule has 0 saturated heterocycles. The van der Waals surface area contributed by atoms with Crippen LogP contribution >= 0.6 is 11.6 Å². The zero-order valence-corrected chi connectivity index (χ0v) is 12.5. The van der Waals surface area contributed by atoms with Crippen molar-refractivity contribution in [3.63, 3.8) is 0 Å². The van der Waals surface area contributed by atoms with Crippen LogP contribution in [-0.4, -0.2) is 6.04 Å². The summed E-state index contributed by atoms with van der Waals surface area (Å²) < 4.78 is 0. The molecular formula is C17H20ClN. The largest absolute Gasteiger partial charge is 0.382 e. The lowest BCUT2D eigenvalue weighted by Gasteiger charge is -2.17. The van der Waals surface area contributed by atoms with Gasteiger partial charge in [0, 0.05) is 16.8 Å². The maximum Gasteiger partial charge on any atom is 0.0406 e. The molecule has 0 aliphatic carbocycles. The Labute approximate surface area is 120 Å². The standard InChI is InChI=1S/C17H20ClN/c1-12-4-9-17(13(2)10-12)19-14(3)11-15-5-7-16(18)8-6-15/h4-10,14,19H,11H2,1-3H3. The Morgan fingerprint density at radius 3 is 2.37 bits per heavy atom. The van der Waals surface area contributed by atoms with Crippen LogP contribution in [0, 0.1) is 13.8 Å². The van der Waals surface area contributed by atoms with Gasteiger partial charge in [-0.3, -0.25) is 0 Å². The normalized spacial score (nSPS) is 12.2. The molecule has 2 aromatic carbocycles. The van der Waals surface area contributed by atoms with E-state index in [1.165, 1.54) is 22.4 Å². The maximum absolute atomic E-state index is 5.90. The summed E-state index contributed by atoms with van der Waals surface area (Å²) in [5.41, 5.74) is 5.11. The van der Waals surface area contributed by atoms with Gasteiger partial charge in [-0.05, 0) is 56.5 Å². The topological polar surface area (TPSA) is 12.0 Å². The van der Waals surface area contributed by atoms with E-state index >= 15 is 0 Å². The van der Waals surface area contributed by atoms with Crippen molar-refractivity contribution in [2.45, 2.75) is 33.2 Å². The summed E-state index contributed by atoms with van der Waals surface area (Å²) in [5.74, 6) is 0. The summed E-state index contributed by atoms with van der Waals surface area (Å²) in [6, 6.07) is 15.0. The van der Waals surface area contributed by atoms with Gasteiger partial charge in [0.15, 0.2) is 0 Å². The molecule has 1 N–H and O–H groups in total. The van der Waals surface area contributed by atoms with Gasteiger partial charge in [0.1, 0.15) is 0 Å². The molecule has 1 nitrogen and oxygen atoms in total. The molecule has 0 bridgehead atoms. The molecule has 1 unspecified atom stereocenters. The van der Waals surface area contributed by atoms with Crippen LogP contribution < -0.4 is 5.32 Å². The Balaban J connectivity index is 2.01. The number of rotatable bonds is 4. The number of halogens is 1. The Morgan fingerprint density at radius 1 is 1.05 bits per heavy atom. The zero-order valence-electron chi connectivity index (χ0n) is 11.7. The average Bonchev–Trinajstić information content (AvgIpc) is 2.36. The minimum atomic E-state index is 0.391. The Kier molecular flexibility index (Phi) is 4.49. The van der Waals surface area contributed by atoms with Crippen LogP contribution in [0.1, 0.15) is 23.6 Å². The number of hydrogen-bond acceptors (Lipinski definition) is 1. The second-order valence-corrected chi connectivity index (χ2v) is 5.63. The fourth-order valence-corrected chi connectivity index (χ4v) is 2.39. The second kappa shape index (κ2) is 6.12. The van der Waals surface area contributed by atoms with Crippen molar-refractivity contribution in [3.05, 3.63) is 64.2 Å². The molecule has 100 valence electrons. The van der Waals surface area contributed by atoms with Gasteiger partial charge < -0.3 is 5.32 Å². The fraction of sp³-hybridized carbons (Fsp3) is 0.294. The van der Waals surface area contributed by atoms with Crippen molar-refractivity contribution >= 4 is 17.3 Å². The average molecular weight is 274 g/mol. The molecule has 0 fully saturated rings. The van der Waals surface area contributed by atoms with Crippen molar-refractivity contribution in [3.8, 4) is 0 Å². The first-order valence-electron chi connectivity index (χ1n) is 6.63.